The van der Waals surface area contributed by atoms with Gasteiger partial charge in [-0.1, -0.05) is 30.3 Å². The number of benzene rings is 1. The van der Waals surface area contributed by atoms with E-state index in [4.69, 9.17) is 0 Å². The molecule has 42 heavy (non-hydrogen) atoms. The Morgan fingerprint density at radius 3 is 2.50 bits per heavy atom. The number of carbonyl (C=O) groups excluding carboxylic acids is 3. The summed E-state index contributed by atoms with van der Waals surface area (Å²) in [6.07, 6.45) is 3.67. The average Bonchev–Trinajstić information content (AvgIpc) is 3.80. The molecule has 2 amide bonds. The summed E-state index contributed by atoms with van der Waals surface area (Å²) in [5, 5.41) is 6.79. The number of thiophene rings is 2. The Hall–Kier alpha value is -3.71. The predicted molar refractivity (Wildman–Crippen MR) is 162 cm³/mol. The normalized spacial score (nSPS) is 19.5. The smallest absolute Gasteiger partial charge is 0.251 e. The van der Waals surface area contributed by atoms with Gasteiger partial charge in [-0.05, 0) is 58.6 Å². The largest absolute Gasteiger partial charge is 0.340 e. The van der Waals surface area contributed by atoms with Crippen LogP contribution in [0.4, 0.5) is 0 Å². The van der Waals surface area contributed by atoms with Crippen LogP contribution in [0, 0.1) is 0 Å². The fourth-order valence-corrected chi connectivity index (χ4v) is 8.86. The average molecular weight is 621 g/mol. The summed E-state index contributed by atoms with van der Waals surface area (Å²) in [5.41, 5.74) is 1.95. The number of ketones is 1. The summed E-state index contributed by atoms with van der Waals surface area (Å²) >= 11 is 3.09. The van der Waals surface area contributed by atoms with E-state index in [1.165, 1.54) is 26.7 Å². The van der Waals surface area contributed by atoms with Crippen molar-refractivity contribution in [2.75, 3.05) is 13.1 Å². The van der Waals surface area contributed by atoms with Crippen molar-refractivity contribution in [3.05, 3.63) is 99.8 Å². The molecule has 0 aliphatic carbocycles. The van der Waals surface area contributed by atoms with Crippen molar-refractivity contribution in [2.45, 2.75) is 36.7 Å². The highest BCUT2D eigenvalue weighted by Crippen LogP contribution is 2.33. The van der Waals surface area contributed by atoms with Gasteiger partial charge in [0.15, 0.2) is 5.78 Å². The van der Waals surface area contributed by atoms with Crippen LogP contribution < -0.4 is 5.32 Å². The SMILES string of the molecule is O=C(NC(Cc1cccs1)C(=O)N1CCC2C1C(=O)CN2S(=O)(=O)Cc1cccnc1)c1ccc(-c2cccs2)cc1. The van der Waals surface area contributed by atoms with Gasteiger partial charge in [0.1, 0.15) is 12.1 Å². The molecular formula is C30H28N4O5S3. The van der Waals surface area contributed by atoms with Gasteiger partial charge >= 0.3 is 0 Å². The first-order valence-electron chi connectivity index (χ1n) is 13.5. The van der Waals surface area contributed by atoms with Crippen molar-refractivity contribution in [3.63, 3.8) is 0 Å². The van der Waals surface area contributed by atoms with Crippen molar-refractivity contribution in [1.82, 2.24) is 19.5 Å². The fraction of sp³-hybridized carbons (Fsp3) is 0.267. The number of hydrogen-bond donors (Lipinski definition) is 1. The lowest BCUT2D eigenvalue weighted by molar-refractivity contribution is -0.138. The van der Waals surface area contributed by atoms with Gasteiger partial charge in [-0.15, -0.1) is 22.7 Å². The van der Waals surface area contributed by atoms with Crippen LogP contribution in [-0.2, 0) is 31.8 Å². The quantitative estimate of drug-likeness (QED) is 0.306. The second-order valence-corrected chi connectivity index (χ2v) is 14.2. The van der Waals surface area contributed by atoms with Crippen LogP contribution in [0.2, 0.25) is 0 Å². The summed E-state index contributed by atoms with van der Waals surface area (Å²) in [5.74, 6) is -1.37. The minimum absolute atomic E-state index is 0.227. The van der Waals surface area contributed by atoms with E-state index in [-0.39, 0.29) is 37.0 Å². The minimum atomic E-state index is -3.82. The highest BCUT2D eigenvalue weighted by Gasteiger charge is 2.54. The van der Waals surface area contributed by atoms with Crippen molar-refractivity contribution in [2.24, 2.45) is 0 Å². The number of carbonyl (C=O) groups is 3. The van der Waals surface area contributed by atoms with Crippen LogP contribution in [0.1, 0.15) is 27.2 Å². The van der Waals surface area contributed by atoms with E-state index in [9.17, 15) is 22.8 Å². The van der Waals surface area contributed by atoms with Gasteiger partial charge < -0.3 is 10.2 Å². The molecule has 216 valence electrons. The molecule has 3 atom stereocenters. The molecule has 3 unspecified atom stereocenters. The number of sulfonamides is 1. The van der Waals surface area contributed by atoms with Crippen LogP contribution in [0.25, 0.3) is 10.4 Å². The predicted octanol–water partition coefficient (Wildman–Crippen LogP) is 3.60. The maximum Gasteiger partial charge on any atom is 0.251 e. The third-order valence-corrected chi connectivity index (χ3v) is 11.3. The van der Waals surface area contributed by atoms with Gasteiger partial charge in [-0.3, -0.25) is 19.4 Å². The Kier molecular flexibility index (Phi) is 8.04. The van der Waals surface area contributed by atoms with Gasteiger partial charge in [-0.2, -0.15) is 4.31 Å². The molecule has 0 saturated carbocycles. The van der Waals surface area contributed by atoms with Crippen LogP contribution in [0.3, 0.4) is 0 Å². The molecule has 0 radical (unpaired) electrons. The summed E-state index contributed by atoms with van der Waals surface area (Å²) in [6, 6.07) is 15.9. The topological polar surface area (TPSA) is 117 Å². The summed E-state index contributed by atoms with van der Waals surface area (Å²) < 4.78 is 27.8. The molecule has 0 bridgehead atoms. The molecule has 2 saturated heterocycles. The van der Waals surface area contributed by atoms with E-state index in [0.717, 1.165) is 15.3 Å². The Morgan fingerprint density at radius 1 is 1.02 bits per heavy atom. The molecule has 5 heterocycles. The lowest BCUT2D eigenvalue weighted by Crippen LogP contribution is -2.53. The molecule has 2 aliphatic rings. The van der Waals surface area contributed by atoms with Gasteiger partial charge in [0.2, 0.25) is 15.9 Å². The van der Waals surface area contributed by atoms with Crippen molar-refractivity contribution >= 4 is 50.3 Å². The van der Waals surface area contributed by atoms with Crippen molar-refractivity contribution in [3.8, 4) is 10.4 Å². The molecule has 12 heteroatoms. The first-order valence-corrected chi connectivity index (χ1v) is 16.9. The number of pyridine rings is 1. The number of aromatic nitrogens is 1. The third-order valence-electron chi connectivity index (χ3n) is 7.63. The summed E-state index contributed by atoms with van der Waals surface area (Å²) in [4.78, 5) is 47.9. The molecule has 1 aromatic carbocycles. The number of fused-ring (bicyclic) bond motifs is 1. The Balaban J connectivity index is 1.20. The minimum Gasteiger partial charge on any atom is -0.340 e. The van der Waals surface area contributed by atoms with Crippen LogP contribution >= 0.6 is 22.7 Å². The van der Waals surface area contributed by atoms with Crippen molar-refractivity contribution in [1.29, 1.82) is 0 Å². The maximum atomic E-state index is 14.0. The zero-order chi connectivity index (χ0) is 29.3. The molecule has 3 aromatic heterocycles. The fourth-order valence-electron chi connectivity index (χ4n) is 5.66. The van der Waals surface area contributed by atoms with Gasteiger partial charge in [-0.25, -0.2) is 8.42 Å². The zero-order valence-corrected chi connectivity index (χ0v) is 24.9. The molecule has 1 N–H and O–H groups in total. The number of likely N-dealkylation sites (tertiary alicyclic amines) is 1. The van der Waals surface area contributed by atoms with E-state index in [1.54, 1.807) is 41.8 Å². The molecular weight excluding hydrogens is 593 g/mol. The first-order chi connectivity index (χ1) is 20.3. The molecule has 2 fully saturated rings. The lowest BCUT2D eigenvalue weighted by Gasteiger charge is -2.28. The highest BCUT2D eigenvalue weighted by atomic mass is 32.2. The standard InChI is InChI=1S/C30H28N4O5S3/c35-26-18-34(42(38,39)19-20-4-1-12-31-17-20)25-11-13-33(28(25)26)30(37)24(16-23-5-2-14-40-23)32-29(36)22-9-7-21(8-10-22)27-6-3-15-41-27/h1-10,12,14-15,17,24-25,28H,11,13,16,18-19H2,(H,32,36). The number of rotatable bonds is 9. The first kappa shape index (κ1) is 28.4. The monoisotopic (exact) mass is 620 g/mol. The van der Waals surface area contributed by atoms with Crippen molar-refractivity contribution < 1.29 is 22.8 Å². The van der Waals surface area contributed by atoms with Crippen LogP contribution in [-0.4, -0.2) is 71.4 Å². The second-order valence-electron chi connectivity index (χ2n) is 10.3. The zero-order valence-electron chi connectivity index (χ0n) is 22.5. The molecule has 4 aromatic rings. The Morgan fingerprint density at radius 2 is 1.81 bits per heavy atom. The number of Topliss-reactive ketones (excluding diaryl/α,β-unsaturated/α-hetero) is 1. The van der Waals surface area contributed by atoms with E-state index >= 15 is 0 Å². The van der Waals surface area contributed by atoms with Gasteiger partial charge in [0.05, 0.1) is 18.3 Å². The maximum absolute atomic E-state index is 14.0. The number of hydrogen-bond acceptors (Lipinski definition) is 8. The molecule has 0 spiro atoms. The Bertz CT molecular complexity index is 1670. The molecule has 9 nitrogen and oxygen atoms in total. The molecule has 2 aliphatic heterocycles. The van der Waals surface area contributed by atoms with E-state index in [2.05, 4.69) is 10.3 Å². The van der Waals surface area contributed by atoms with Gasteiger partial charge in [0.25, 0.3) is 5.91 Å². The van der Waals surface area contributed by atoms with E-state index in [1.807, 2.05) is 47.2 Å². The number of nitrogens with zero attached hydrogens (tertiary/aromatic N) is 3. The number of amides is 2. The molecule has 6 rings (SSSR count). The van der Waals surface area contributed by atoms with E-state index in [0.29, 0.717) is 17.5 Å². The third kappa shape index (κ3) is 5.80. The summed E-state index contributed by atoms with van der Waals surface area (Å²) in [6.45, 7) is -0.0502. The van der Waals surface area contributed by atoms with Gasteiger partial charge in [0, 0.05) is 40.7 Å². The Labute approximate surface area is 251 Å². The van der Waals surface area contributed by atoms with Crippen LogP contribution in [0.5, 0.6) is 0 Å². The highest BCUT2D eigenvalue weighted by molar-refractivity contribution is 7.88. The summed E-state index contributed by atoms with van der Waals surface area (Å²) in [7, 11) is -3.82. The lowest BCUT2D eigenvalue weighted by atomic mass is 10.1. The van der Waals surface area contributed by atoms with Crippen LogP contribution in [0.15, 0.2) is 83.8 Å². The van der Waals surface area contributed by atoms with E-state index < -0.39 is 34.1 Å². The number of nitrogens with one attached hydrogen (secondary N) is 1. The second kappa shape index (κ2) is 11.9.